The van der Waals surface area contributed by atoms with Crippen LogP contribution in [0.25, 0.3) is 0 Å². The second-order valence-corrected chi connectivity index (χ2v) is 9.82. The van der Waals surface area contributed by atoms with Gasteiger partial charge in [-0.1, -0.05) is 38.1 Å². The van der Waals surface area contributed by atoms with Gasteiger partial charge in [0.25, 0.3) is 0 Å². The van der Waals surface area contributed by atoms with Crippen molar-refractivity contribution in [3.63, 3.8) is 0 Å². The van der Waals surface area contributed by atoms with Crippen molar-refractivity contribution in [1.29, 1.82) is 0 Å². The largest absolute Gasteiger partial charge is 0.444 e. The molecule has 2 aliphatic rings. The molecule has 2 amide bonds. The van der Waals surface area contributed by atoms with Gasteiger partial charge < -0.3 is 25.2 Å². The van der Waals surface area contributed by atoms with Crippen LogP contribution in [-0.2, 0) is 27.4 Å². The highest BCUT2D eigenvalue weighted by molar-refractivity contribution is 5.85. The Hall–Kier alpha value is -2.16. The van der Waals surface area contributed by atoms with Crippen LogP contribution in [0.4, 0.5) is 4.79 Å². The van der Waals surface area contributed by atoms with Gasteiger partial charge in [-0.25, -0.2) is 4.79 Å². The average Bonchev–Trinajstić information content (AvgIpc) is 3.22. The van der Waals surface area contributed by atoms with Gasteiger partial charge in [0, 0.05) is 13.1 Å². The molecule has 0 aliphatic carbocycles. The predicted octanol–water partition coefficient (Wildman–Crippen LogP) is 2.14. The summed E-state index contributed by atoms with van der Waals surface area (Å²) in [7, 11) is 0. The van der Waals surface area contributed by atoms with E-state index in [9.17, 15) is 14.7 Å². The lowest BCUT2D eigenvalue weighted by Crippen LogP contribution is -2.56. The van der Waals surface area contributed by atoms with Crippen molar-refractivity contribution in [1.82, 2.24) is 15.5 Å². The number of aliphatic hydroxyl groups excluding tert-OH is 1. The quantitative estimate of drug-likeness (QED) is 0.636. The summed E-state index contributed by atoms with van der Waals surface area (Å²) in [6.45, 7) is 10.8. The first-order chi connectivity index (χ1) is 14.5. The fourth-order valence-electron chi connectivity index (χ4n) is 4.13. The predicted molar refractivity (Wildman–Crippen MR) is 116 cm³/mol. The highest BCUT2D eigenvalue weighted by Crippen LogP contribution is 2.29. The van der Waals surface area contributed by atoms with Crippen LogP contribution in [0.1, 0.15) is 52.2 Å². The summed E-state index contributed by atoms with van der Waals surface area (Å²) in [5, 5.41) is 16.1. The first-order valence-electron chi connectivity index (χ1n) is 10.9. The third-order valence-electron chi connectivity index (χ3n) is 5.44. The standard InChI is InChI=1S/C23H35N3O5/c1-14(2)10-17(24-22(29)31-23(3,4)5)20(28)25-21-19(18(27)13-30-21)26-11-15-8-6-7-9-16(15)12-26/h6-9,14,17-19,21,27H,10-13H2,1-5H3,(H,24,29)(H,25,28)/t17-,18+,19?,21?/m0/s1. The number of amides is 2. The van der Waals surface area contributed by atoms with Crippen molar-refractivity contribution < 1.29 is 24.2 Å². The molecule has 1 saturated heterocycles. The molecule has 8 heteroatoms. The molecule has 172 valence electrons. The van der Waals surface area contributed by atoms with Crippen molar-refractivity contribution in [2.45, 2.75) is 84.1 Å². The molecule has 2 aliphatic heterocycles. The fraction of sp³-hybridized carbons (Fsp3) is 0.652. The highest BCUT2D eigenvalue weighted by atomic mass is 16.6. The van der Waals surface area contributed by atoms with E-state index >= 15 is 0 Å². The summed E-state index contributed by atoms with van der Waals surface area (Å²) in [4.78, 5) is 27.4. The van der Waals surface area contributed by atoms with E-state index in [1.807, 2.05) is 26.0 Å². The number of nitrogens with zero attached hydrogens (tertiary/aromatic N) is 1. The third kappa shape index (κ3) is 6.18. The second kappa shape index (κ2) is 9.54. The fourth-order valence-corrected chi connectivity index (χ4v) is 4.13. The minimum atomic E-state index is -0.757. The highest BCUT2D eigenvalue weighted by Gasteiger charge is 2.43. The van der Waals surface area contributed by atoms with E-state index < -0.39 is 30.1 Å². The molecule has 1 fully saturated rings. The smallest absolute Gasteiger partial charge is 0.408 e. The van der Waals surface area contributed by atoms with Gasteiger partial charge in [0.1, 0.15) is 17.9 Å². The van der Waals surface area contributed by atoms with E-state index in [4.69, 9.17) is 9.47 Å². The Labute approximate surface area is 184 Å². The van der Waals surface area contributed by atoms with E-state index in [2.05, 4.69) is 27.7 Å². The number of alkyl carbamates (subject to hydrolysis) is 1. The molecule has 0 radical (unpaired) electrons. The van der Waals surface area contributed by atoms with Gasteiger partial charge in [-0.05, 0) is 44.2 Å². The molecule has 1 aromatic carbocycles. The first kappa shape index (κ1) is 23.5. The Bertz CT molecular complexity index is 767. The van der Waals surface area contributed by atoms with Crippen molar-refractivity contribution in [2.24, 2.45) is 5.92 Å². The summed E-state index contributed by atoms with van der Waals surface area (Å²) >= 11 is 0. The van der Waals surface area contributed by atoms with Crippen LogP contribution in [0.5, 0.6) is 0 Å². The maximum Gasteiger partial charge on any atom is 0.408 e. The van der Waals surface area contributed by atoms with Gasteiger partial charge in [-0.15, -0.1) is 0 Å². The third-order valence-corrected chi connectivity index (χ3v) is 5.44. The number of carbonyl (C=O) groups is 2. The molecule has 8 nitrogen and oxygen atoms in total. The van der Waals surface area contributed by atoms with Crippen molar-refractivity contribution in [3.8, 4) is 0 Å². The average molecular weight is 434 g/mol. The van der Waals surface area contributed by atoms with Gasteiger partial charge in [-0.3, -0.25) is 9.69 Å². The van der Waals surface area contributed by atoms with E-state index in [-0.39, 0.29) is 24.5 Å². The summed E-state index contributed by atoms with van der Waals surface area (Å²) < 4.78 is 11.0. The Morgan fingerprint density at radius 3 is 2.39 bits per heavy atom. The first-order valence-corrected chi connectivity index (χ1v) is 10.9. The summed E-state index contributed by atoms with van der Waals surface area (Å²) in [6, 6.07) is 7.04. The molecular formula is C23H35N3O5. The van der Waals surface area contributed by atoms with Crippen molar-refractivity contribution in [2.75, 3.05) is 6.61 Å². The summed E-state index contributed by atoms with van der Waals surface area (Å²) in [5.41, 5.74) is 1.78. The minimum Gasteiger partial charge on any atom is -0.444 e. The van der Waals surface area contributed by atoms with Crippen LogP contribution in [0.2, 0.25) is 0 Å². The maximum atomic E-state index is 13.1. The molecule has 0 spiro atoms. The van der Waals surface area contributed by atoms with Gasteiger partial charge in [0.15, 0.2) is 0 Å². The molecule has 1 aromatic rings. The summed E-state index contributed by atoms with van der Waals surface area (Å²) in [5.74, 6) is -0.162. The van der Waals surface area contributed by atoms with Gasteiger partial charge in [-0.2, -0.15) is 0 Å². The Kier molecular flexibility index (Phi) is 7.24. The zero-order valence-corrected chi connectivity index (χ0v) is 19.1. The van der Waals surface area contributed by atoms with E-state index in [0.717, 1.165) is 0 Å². The number of ether oxygens (including phenoxy) is 2. The molecular weight excluding hydrogens is 398 g/mol. The van der Waals surface area contributed by atoms with Gasteiger partial charge in [0.2, 0.25) is 5.91 Å². The number of fused-ring (bicyclic) bond motifs is 1. The number of hydrogen-bond acceptors (Lipinski definition) is 6. The molecule has 31 heavy (non-hydrogen) atoms. The molecule has 2 heterocycles. The topological polar surface area (TPSA) is 100 Å². The minimum absolute atomic E-state index is 0.150. The van der Waals surface area contributed by atoms with Crippen LogP contribution >= 0.6 is 0 Å². The monoisotopic (exact) mass is 433 g/mol. The molecule has 0 aromatic heterocycles. The number of carbonyl (C=O) groups excluding carboxylic acids is 2. The number of rotatable bonds is 6. The second-order valence-electron chi connectivity index (χ2n) is 9.82. The van der Waals surface area contributed by atoms with E-state index in [1.54, 1.807) is 20.8 Å². The van der Waals surface area contributed by atoms with Crippen molar-refractivity contribution in [3.05, 3.63) is 35.4 Å². The van der Waals surface area contributed by atoms with E-state index in [0.29, 0.717) is 19.5 Å². The number of aliphatic hydroxyl groups is 1. The molecule has 0 saturated carbocycles. The van der Waals surface area contributed by atoms with Crippen LogP contribution in [-0.4, -0.2) is 58.6 Å². The van der Waals surface area contributed by atoms with Crippen LogP contribution in [0.15, 0.2) is 24.3 Å². The van der Waals surface area contributed by atoms with Crippen molar-refractivity contribution >= 4 is 12.0 Å². The lowest BCUT2D eigenvalue weighted by atomic mass is 10.0. The maximum absolute atomic E-state index is 13.1. The van der Waals surface area contributed by atoms with Crippen LogP contribution in [0.3, 0.4) is 0 Å². The SMILES string of the molecule is CC(C)C[C@H](NC(=O)OC(C)(C)C)C(=O)NC1OC[C@@H](O)C1N1Cc2ccccc2C1. The zero-order chi connectivity index (χ0) is 22.8. The number of nitrogens with one attached hydrogen (secondary N) is 2. The molecule has 0 bridgehead atoms. The lowest BCUT2D eigenvalue weighted by Gasteiger charge is -2.31. The Morgan fingerprint density at radius 2 is 1.84 bits per heavy atom. The summed E-state index contributed by atoms with van der Waals surface area (Å²) in [6.07, 6.45) is -1.54. The number of hydrogen-bond donors (Lipinski definition) is 3. The Balaban J connectivity index is 1.66. The molecule has 3 N–H and O–H groups in total. The van der Waals surface area contributed by atoms with E-state index in [1.165, 1.54) is 11.1 Å². The lowest BCUT2D eigenvalue weighted by molar-refractivity contribution is -0.128. The van der Waals surface area contributed by atoms with Gasteiger partial charge >= 0.3 is 6.09 Å². The Morgan fingerprint density at radius 1 is 1.23 bits per heavy atom. The van der Waals surface area contributed by atoms with Crippen LogP contribution in [0, 0.1) is 5.92 Å². The number of benzene rings is 1. The zero-order valence-electron chi connectivity index (χ0n) is 19.1. The van der Waals surface area contributed by atoms with Gasteiger partial charge in [0.05, 0.1) is 18.8 Å². The molecule has 2 unspecified atom stereocenters. The van der Waals surface area contributed by atoms with Crippen LogP contribution < -0.4 is 10.6 Å². The molecule has 4 atom stereocenters. The molecule has 3 rings (SSSR count). The normalized spacial score (nSPS) is 24.7.